The van der Waals surface area contributed by atoms with Crippen LogP contribution >= 0.6 is 11.6 Å². The Morgan fingerprint density at radius 1 is 0.933 bits per heavy atom. The summed E-state index contributed by atoms with van der Waals surface area (Å²) in [5, 5.41) is 4.28. The molecule has 2 aliphatic heterocycles. The maximum atomic E-state index is 14.6. The Kier molecular flexibility index (Phi) is 9.20. The smallest absolute Gasteiger partial charge is 0.252 e. The molecule has 1 aliphatic carbocycles. The largest absolute Gasteiger partial charge is 0.490 e. The molecule has 8 heteroatoms. The monoisotopic (exact) mass is 627 g/mol. The lowest BCUT2D eigenvalue weighted by Crippen LogP contribution is -2.61. The van der Waals surface area contributed by atoms with Crippen LogP contribution in [0.4, 0.5) is 0 Å². The number of rotatable bonds is 10. The van der Waals surface area contributed by atoms with Gasteiger partial charge in [0.1, 0.15) is 24.7 Å². The molecule has 1 N–H and O–H groups in total. The average molecular weight is 628 g/mol. The van der Waals surface area contributed by atoms with Crippen LogP contribution in [0.5, 0.6) is 11.5 Å². The van der Waals surface area contributed by atoms with E-state index < -0.39 is 0 Å². The van der Waals surface area contributed by atoms with Crippen LogP contribution in [0, 0.1) is 20.8 Å². The lowest BCUT2D eigenvalue weighted by molar-refractivity contribution is -0.132. The minimum atomic E-state index is -0.215. The normalized spacial score (nSPS) is 19.4. The van der Waals surface area contributed by atoms with Crippen LogP contribution in [0.15, 0.2) is 66.2 Å². The molecule has 0 spiro atoms. The predicted molar refractivity (Wildman–Crippen MR) is 178 cm³/mol. The van der Waals surface area contributed by atoms with E-state index in [2.05, 4.69) is 29.3 Å². The van der Waals surface area contributed by atoms with Crippen molar-refractivity contribution in [3.05, 3.63) is 99.1 Å². The first-order valence-electron chi connectivity index (χ1n) is 15.9. The molecule has 3 aliphatic rings. The third-order valence-electron chi connectivity index (χ3n) is 9.29. The number of fused-ring (bicyclic) bond motifs is 2. The second kappa shape index (κ2) is 13.3. The molecule has 2 fully saturated rings. The maximum Gasteiger partial charge on any atom is 0.252 e. The zero-order valence-electron chi connectivity index (χ0n) is 26.6. The Morgan fingerprint density at radius 2 is 1.64 bits per heavy atom. The quantitative estimate of drug-likeness (QED) is 0.269. The first-order chi connectivity index (χ1) is 21.7. The van der Waals surface area contributed by atoms with Crippen molar-refractivity contribution >= 4 is 29.0 Å². The highest BCUT2D eigenvalue weighted by Crippen LogP contribution is 2.38. The number of halogens is 1. The van der Waals surface area contributed by atoms with Crippen LogP contribution in [0.25, 0.3) is 5.57 Å². The van der Waals surface area contributed by atoms with Crippen LogP contribution in [-0.4, -0.2) is 66.0 Å². The molecule has 1 saturated carbocycles. The third kappa shape index (κ3) is 7.05. The van der Waals surface area contributed by atoms with E-state index in [1.54, 1.807) is 6.92 Å². The number of amides is 2. The van der Waals surface area contributed by atoms with Crippen LogP contribution in [0.2, 0.25) is 5.02 Å². The number of carbonyl (C=O) groups is 2. The first-order valence-corrected chi connectivity index (χ1v) is 16.3. The van der Waals surface area contributed by atoms with E-state index in [1.165, 1.54) is 11.1 Å². The summed E-state index contributed by atoms with van der Waals surface area (Å²) in [7, 11) is 0. The molecule has 7 nitrogen and oxygen atoms in total. The topological polar surface area (TPSA) is 71.1 Å². The number of hydrogen-bond acceptors (Lipinski definition) is 5. The molecule has 6 rings (SSSR count). The SMILES string of the molecule is CC(=O)N1C[C@H]2CC(c3ccc(OCCOc4cc(C)c(C)cc4Cl)cc3)=C(C(=O)N(Cc3ccccc3C)C3CC3)[C@@H](C1)N2. The van der Waals surface area contributed by atoms with E-state index in [4.69, 9.17) is 21.1 Å². The number of aryl methyl sites for hydroxylation is 3. The van der Waals surface area contributed by atoms with Gasteiger partial charge in [0, 0.05) is 44.2 Å². The van der Waals surface area contributed by atoms with Gasteiger partial charge in [-0.3, -0.25) is 9.59 Å². The number of nitrogens with zero attached hydrogens (tertiary/aromatic N) is 2. The fourth-order valence-electron chi connectivity index (χ4n) is 6.43. The lowest BCUT2D eigenvalue weighted by atomic mass is 9.82. The first kappa shape index (κ1) is 31.2. The predicted octanol–water partition coefficient (Wildman–Crippen LogP) is 6.26. The number of ether oxygens (including phenoxy) is 2. The van der Waals surface area contributed by atoms with Crippen molar-refractivity contribution in [3.63, 3.8) is 0 Å². The molecule has 45 heavy (non-hydrogen) atoms. The minimum absolute atomic E-state index is 0.0472. The third-order valence-corrected chi connectivity index (χ3v) is 9.59. The number of piperazine rings is 1. The van der Waals surface area contributed by atoms with Gasteiger partial charge < -0.3 is 24.6 Å². The zero-order valence-corrected chi connectivity index (χ0v) is 27.3. The molecule has 0 radical (unpaired) electrons. The number of nitrogens with one attached hydrogen (secondary N) is 1. The molecule has 2 heterocycles. The van der Waals surface area contributed by atoms with Gasteiger partial charge in [0.2, 0.25) is 5.91 Å². The van der Waals surface area contributed by atoms with Crippen LogP contribution in [0.3, 0.4) is 0 Å². The van der Waals surface area contributed by atoms with E-state index in [1.807, 2.05) is 67.3 Å². The van der Waals surface area contributed by atoms with Gasteiger partial charge >= 0.3 is 0 Å². The van der Waals surface area contributed by atoms with E-state index in [0.717, 1.165) is 46.4 Å². The zero-order chi connectivity index (χ0) is 31.7. The fraction of sp³-hybridized carbons (Fsp3) is 0.405. The van der Waals surface area contributed by atoms with E-state index in [9.17, 15) is 9.59 Å². The van der Waals surface area contributed by atoms with Crippen LogP contribution in [0.1, 0.15) is 54.0 Å². The molecule has 2 atom stereocenters. The molecular formula is C37H42ClN3O4. The lowest BCUT2D eigenvalue weighted by Gasteiger charge is -2.44. The van der Waals surface area contributed by atoms with E-state index in [-0.39, 0.29) is 29.9 Å². The highest BCUT2D eigenvalue weighted by atomic mass is 35.5. The highest BCUT2D eigenvalue weighted by molar-refractivity contribution is 6.32. The van der Waals surface area contributed by atoms with E-state index >= 15 is 0 Å². The molecule has 3 aromatic carbocycles. The highest BCUT2D eigenvalue weighted by Gasteiger charge is 2.43. The maximum absolute atomic E-state index is 14.6. The molecule has 2 amide bonds. The van der Waals surface area contributed by atoms with Crippen molar-refractivity contribution in [3.8, 4) is 11.5 Å². The average Bonchev–Trinajstić information content (AvgIpc) is 3.86. The summed E-state index contributed by atoms with van der Waals surface area (Å²) in [5.74, 6) is 1.51. The van der Waals surface area contributed by atoms with Gasteiger partial charge in [-0.15, -0.1) is 0 Å². The molecular weight excluding hydrogens is 586 g/mol. The van der Waals surface area contributed by atoms with Crippen molar-refractivity contribution < 1.29 is 19.1 Å². The second-order valence-electron chi connectivity index (χ2n) is 12.6. The molecule has 0 unspecified atom stereocenters. The van der Waals surface area contributed by atoms with Gasteiger partial charge in [0.25, 0.3) is 5.91 Å². The molecule has 3 aromatic rings. The van der Waals surface area contributed by atoms with Gasteiger partial charge in [-0.05, 0) is 97.7 Å². The van der Waals surface area contributed by atoms with Crippen molar-refractivity contribution in [2.24, 2.45) is 0 Å². The van der Waals surface area contributed by atoms with E-state index in [0.29, 0.717) is 50.0 Å². The summed E-state index contributed by atoms with van der Waals surface area (Å²) in [6.07, 6.45) is 2.72. The van der Waals surface area contributed by atoms with Crippen molar-refractivity contribution in [1.82, 2.24) is 15.1 Å². The van der Waals surface area contributed by atoms with Crippen molar-refractivity contribution in [2.45, 2.75) is 71.6 Å². The molecule has 2 bridgehead atoms. The van der Waals surface area contributed by atoms with Crippen molar-refractivity contribution in [1.29, 1.82) is 0 Å². The van der Waals surface area contributed by atoms with Gasteiger partial charge in [-0.1, -0.05) is 48.0 Å². The number of hydrogen-bond donors (Lipinski definition) is 1. The summed E-state index contributed by atoms with van der Waals surface area (Å²) in [6, 6.07) is 20.3. The Balaban J connectivity index is 1.22. The molecule has 1 saturated heterocycles. The summed E-state index contributed by atoms with van der Waals surface area (Å²) >= 11 is 6.35. The van der Waals surface area contributed by atoms with Gasteiger partial charge in [0.15, 0.2) is 0 Å². The molecule has 0 aromatic heterocycles. The molecule has 236 valence electrons. The van der Waals surface area contributed by atoms with Crippen LogP contribution < -0.4 is 14.8 Å². The van der Waals surface area contributed by atoms with Gasteiger partial charge in [-0.25, -0.2) is 0 Å². The summed E-state index contributed by atoms with van der Waals surface area (Å²) in [6.45, 7) is 10.2. The van der Waals surface area contributed by atoms with Gasteiger partial charge in [-0.2, -0.15) is 0 Å². The summed E-state index contributed by atoms with van der Waals surface area (Å²) in [4.78, 5) is 30.9. The Morgan fingerprint density at radius 3 is 2.36 bits per heavy atom. The Labute approximate surface area is 271 Å². The van der Waals surface area contributed by atoms with Crippen LogP contribution in [-0.2, 0) is 16.1 Å². The summed E-state index contributed by atoms with van der Waals surface area (Å²) < 4.78 is 11.9. The Bertz CT molecular complexity index is 1610. The minimum Gasteiger partial charge on any atom is -0.490 e. The summed E-state index contributed by atoms with van der Waals surface area (Å²) in [5.41, 5.74) is 7.47. The second-order valence-corrected chi connectivity index (χ2v) is 13.0. The standard InChI is InChI=1S/C37H42ClN3O4/c1-23-7-5-6-8-28(23)20-41(30-11-12-30)37(43)36-32(19-29-21-40(26(4)42)22-34(36)39-29)27-9-13-31(14-10-27)44-15-16-45-35-18-25(3)24(2)17-33(35)38/h5-10,13-14,17-18,29-30,34,39H,11-12,15-16,19-22H2,1-4H3/t29-,34-/m1/s1. The number of benzene rings is 3. The number of carbonyl (C=O) groups excluding carboxylic acids is 2. The van der Waals surface area contributed by atoms with Crippen molar-refractivity contribution in [2.75, 3.05) is 26.3 Å². The van der Waals surface area contributed by atoms with Gasteiger partial charge in [0.05, 0.1) is 11.1 Å². The Hall–Kier alpha value is -3.81. The fourth-order valence-corrected chi connectivity index (χ4v) is 6.70.